The van der Waals surface area contributed by atoms with E-state index in [9.17, 15) is 13.2 Å². The van der Waals surface area contributed by atoms with Gasteiger partial charge < -0.3 is 10.1 Å². The van der Waals surface area contributed by atoms with Crippen LogP contribution in [-0.2, 0) is 10.0 Å². The van der Waals surface area contributed by atoms with Crippen LogP contribution in [-0.4, -0.2) is 38.3 Å². The molecule has 1 amide bonds. The molecule has 0 aliphatic carbocycles. The SMILES string of the molecule is CC(C)COc1cccc(C(=O)Nc2ccc(S(=O)(=O)N(C)C(C)C)cc2)c1. The molecule has 0 saturated carbocycles. The maximum Gasteiger partial charge on any atom is 0.255 e. The van der Waals surface area contributed by atoms with E-state index in [-0.39, 0.29) is 16.8 Å². The molecular formula is C21H28N2O4S. The molecule has 0 aromatic heterocycles. The van der Waals surface area contributed by atoms with E-state index in [1.807, 2.05) is 19.9 Å². The summed E-state index contributed by atoms with van der Waals surface area (Å²) >= 11 is 0. The Morgan fingerprint density at radius 3 is 2.29 bits per heavy atom. The standard InChI is InChI=1S/C21H28N2O4S/c1-15(2)14-27-19-8-6-7-17(13-19)21(24)22-18-9-11-20(12-10-18)28(25,26)23(5)16(3)4/h6-13,15-16H,14H2,1-5H3,(H,22,24). The number of ether oxygens (including phenoxy) is 1. The Labute approximate surface area is 167 Å². The number of nitrogens with one attached hydrogen (secondary N) is 1. The molecule has 0 aliphatic heterocycles. The first kappa shape index (κ1) is 21.9. The van der Waals surface area contributed by atoms with Gasteiger partial charge in [-0.05, 0) is 62.2 Å². The van der Waals surface area contributed by atoms with Gasteiger partial charge in [-0.15, -0.1) is 0 Å². The Morgan fingerprint density at radius 2 is 1.71 bits per heavy atom. The number of carbonyl (C=O) groups is 1. The van der Waals surface area contributed by atoms with Crippen LogP contribution in [0.4, 0.5) is 5.69 Å². The molecule has 0 spiro atoms. The van der Waals surface area contributed by atoms with Gasteiger partial charge in [-0.3, -0.25) is 4.79 Å². The molecule has 28 heavy (non-hydrogen) atoms. The minimum Gasteiger partial charge on any atom is -0.493 e. The lowest BCUT2D eigenvalue weighted by molar-refractivity contribution is 0.102. The van der Waals surface area contributed by atoms with Crippen LogP contribution in [0, 0.1) is 5.92 Å². The van der Waals surface area contributed by atoms with Crippen LogP contribution in [0.1, 0.15) is 38.1 Å². The second-order valence-electron chi connectivity index (χ2n) is 7.33. The fourth-order valence-corrected chi connectivity index (χ4v) is 3.71. The van der Waals surface area contributed by atoms with E-state index in [0.717, 1.165) is 0 Å². The molecule has 0 fully saturated rings. The molecule has 0 atom stereocenters. The smallest absolute Gasteiger partial charge is 0.255 e. The van der Waals surface area contributed by atoms with Crippen molar-refractivity contribution in [1.82, 2.24) is 4.31 Å². The number of carbonyl (C=O) groups excluding carboxylic acids is 1. The van der Waals surface area contributed by atoms with Gasteiger partial charge in [0.15, 0.2) is 0 Å². The van der Waals surface area contributed by atoms with Gasteiger partial charge in [-0.25, -0.2) is 8.42 Å². The van der Waals surface area contributed by atoms with Gasteiger partial charge in [0.1, 0.15) is 5.75 Å². The lowest BCUT2D eigenvalue weighted by atomic mass is 10.2. The molecular weight excluding hydrogens is 376 g/mol. The zero-order chi connectivity index (χ0) is 20.9. The van der Waals surface area contributed by atoms with Crippen LogP contribution in [0.25, 0.3) is 0 Å². The Kier molecular flexibility index (Phi) is 7.21. The first-order valence-corrected chi connectivity index (χ1v) is 10.7. The second kappa shape index (κ2) is 9.21. The lowest BCUT2D eigenvalue weighted by Crippen LogP contribution is -2.33. The average Bonchev–Trinajstić information content (AvgIpc) is 2.66. The Balaban J connectivity index is 2.10. The minimum absolute atomic E-state index is 0.144. The van der Waals surface area contributed by atoms with Crippen LogP contribution in [0.3, 0.4) is 0 Å². The largest absolute Gasteiger partial charge is 0.493 e. The molecule has 152 valence electrons. The third-order valence-electron chi connectivity index (χ3n) is 4.20. The van der Waals surface area contributed by atoms with Gasteiger partial charge in [0.05, 0.1) is 11.5 Å². The van der Waals surface area contributed by atoms with E-state index >= 15 is 0 Å². The summed E-state index contributed by atoms with van der Waals surface area (Å²) in [6.45, 7) is 8.31. The third kappa shape index (κ3) is 5.56. The van der Waals surface area contributed by atoms with Crippen LogP contribution in [0.5, 0.6) is 5.75 Å². The van der Waals surface area contributed by atoms with Gasteiger partial charge in [0.2, 0.25) is 10.0 Å². The molecule has 0 aliphatic rings. The summed E-state index contributed by atoms with van der Waals surface area (Å²) in [5.74, 6) is 0.742. The van der Waals surface area contributed by atoms with E-state index in [4.69, 9.17) is 4.74 Å². The summed E-state index contributed by atoms with van der Waals surface area (Å²) in [6, 6.07) is 13.0. The molecule has 7 heteroatoms. The number of hydrogen-bond acceptors (Lipinski definition) is 4. The third-order valence-corrected chi connectivity index (χ3v) is 6.24. The van der Waals surface area contributed by atoms with Gasteiger partial charge >= 0.3 is 0 Å². The molecule has 2 aromatic rings. The number of rotatable bonds is 8. The molecule has 0 unspecified atom stereocenters. The molecule has 0 bridgehead atoms. The fraction of sp³-hybridized carbons (Fsp3) is 0.381. The van der Waals surface area contributed by atoms with Crippen LogP contribution in [0.2, 0.25) is 0 Å². The number of amides is 1. The van der Waals surface area contributed by atoms with Gasteiger partial charge in [0.25, 0.3) is 5.91 Å². The van der Waals surface area contributed by atoms with Crippen LogP contribution < -0.4 is 10.1 Å². The summed E-state index contributed by atoms with van der Waals surface area (Å²) < 4.78 is 32.0. The zero-order valence-corrected chi connectivity index (χ0v) is 17.8. The van der Waals surface area contributed by atoms with E-state index in [1.165, 1.54) is 16.4 Å². The minimum atomic E-state index is -3.55. The van der Waals surface area contributed by atoms with Crippen LogP contribution in [0.15, 0.2) is 53.4 Å². The average molecular weight is 405 g/mol. The summed E-state index contributed by atoms with van der Waals surface area (Å²) in [6.07, 6.45) is 0. The number of hydrogen-bond donors (Lipinski definition) is 1. The summed E-state index contributed by atoms with van der Waals surface area (Å²) in [5, 5.41) is 2.78. The van der Waals surface area contributed by atoms with Crippen molar-refractivity contribution in [3.63, 3.8) is 0 Å². The maximum atomic E-state index is 12.5. The van der Waals surface area contributed by atoms with Crippen LogP contribution >= 0.6 is 0 Å². The van der Waals surface area contributed by atoms with Gasteiger partial charge in [0, 0.05) is 24.3 Å². The lowest BCUT2D eigenvalue weighted by Gasteiger charge is -2.21. The van der Waals surface area contributed by atoms with Crippen molar-refractivity contribution in [2.24, 2.45) is 5.92 Å². The number of benzene rings is 2. The highest BCUT2D eigenvalue weighted by Crippen LogP contribution is 2.20. The zero-order valence-electron chi connectivity index (χ0n) is 17.0. The second-order valence-corrected chi connectivity index (χ2v) is 9.32. The molecule has 2 aromatic carbocycles. The Bertz CT molecular complexity index is 906. The highest BCUT2D eigenvalue weighted by molar-refractivity contribution is 7.89. The molecule has 0 saturated heterocycles. The molecule has 1 N–H and O–H groups in total. The molecule has 2 rings (SSSR count). The van der Waals surface area contributed by atoms with E-state index in [0.29, 0.717) is 29.5 Å². The first-order valence-electron chi connectivity index (χ1n) is 9.23. The maximum absolute atomic E-state index is 12.5. The highest BCUT2D eigenvalue weighted by Gasteiger charge is 2.22. The highest BCUT2D eigenvalue weighted by atomic mass is 32.2. The topological polar surface area (TPSA) is 75.7 Å². The van der Waals surface area contributed by atoms with E-state index in [1.54, 1.807) is 37.4 Å². The fourth-order valence-electron chi connectivity index (χ4n) is 2.35. The first-order chi connectivity index (χ1) is 13.1. The predicted octanol–water partition coefficient (Wildman–Crippen LogP) is 4.00. The van der Waals surface area contributed by atoms with Gasteiger partial charge in [-0.2, -0.15) is 4.31 Å². The molecule has 6 nitrogen and oxygen atoms in total. The van der Waals surface area contributed by atoms with Crippen molar-refractivity contribution in [2.45, 2.75) is 38.6 Å². The Hall–Kier alpha value is -2.38. The number of anilines is 1. The number of nitrogens with zero attached hydrogens (tertiary/aromatic N) is 1. The van der Waals surface area contributed by atoms with Gasteiger partial charge in [-0.1, -0.05) is 19.9 Å². The normalized spacial score (nSPS) is 11.9. The summed E-state index contributed by atoms with van der Waals surface area (Å²) in [4.78, 5) is 12.7. The van der Waals surface area contributed by atoms with Crippen molar-refractivity contribution in [2.75, 3.05) is 19.0 Å². The summed E-state index contributed by atoms with van der Waals surface area (Å²) in [5.41, 5.74) is 0.988. The molecule has 0 heterocycles. The van der Waals surface area contributed by atoms with Crippen molar-refractivity contribution < 1.29 is 17.9 Å². The van der Waals surface area contributed by atoms with Crippen molar-refractivity contribution in [3.8, 4) is 5.75 Å². The summed E-state index contributed by atoms with van der Waals surface area (Å²) in [7, 11) is -2.00. The Morgan fingerprint density at radius 1 is 1.07 bits per heavy atom. The van der Waals surface area contributed by atoms with Crippen molar-refractivity contribution >= 4 is 21.6 Å². The van der Waals surface area contributed by atoms with Crippen molar-refractivity contribution in [1.29, 1.82) is 0 Å². The monoisotopic (exact) mass is 404 g/mol. The van der Waals surface area contributed by atoms with E-state index < -0.39 is 10.0 Å². The van der Waals surface area contributed by atoms with Crippen molar-refractivity contribution in [3.05, 3.63) is 54.1 Å². The molecule has 0 radical (unpaired) electrons. The number of sulfonamides is 1. The van der Waals surface area contributed by atoms with E-state index in [2.05, 4.69) is 19.2 Å². The predicted molar refractivity (Wildman–Crippen MR) is 111 cm³/mol. The quantitative estimate of drug-likeness (QED) is 0.721.